The molecule has 1 aromatic carbocycles. The average Bonchev–Trinajstić information content (AvgIpc) is 2.47. The van der Waals surface area contributed by atoms with Gasteiger partial charge in [-0.1, -0.05) is 17.7 Å². The molecule has 2 rings (SSSR count). The molecule has 0 spiro atoms. The fourth-order valence-electron chi connectivity index (χ4n) is 1.31. The van der Waals surface area contributed by atoms with Gasteiger partial charge in [-0.15, -0.1) is 0 Å². The molecule has 3 nitrogen and oxygen atoms in total. The Bertz CT molecular complexity index is 414. The first-order valence-electron chi connectivity index (χ1n) is 4.28. The van der Waals surface area contributed by atoms with Gasteiger partial charge in [-0.2, -0.15) is 5.10 Å². The minimum absolute atomic E-state index is 0.0602. The summed E-state index contributed by atoms with van der Waals surface area (Å²) >= 11 is 5.84. The summed E-state index contributed by atoms with van der Waals surface area (Å²) in [6.45, 7) is 2.03. The maximum absolute atomic E-state index is 11.2. The smallest absolute Gasteiger partial charge is 0.199 e. The lowest BCUT2D eigenvalue weighted by molar-refractivity contribution is -0.111. The highest BCUT2D eigenvalue weighted by atomic mass is 35.5. The molecule has 1 aliphatic rings. The molecular formula is C10H9ClN2O. The number of hydrogen-bond acceptors (Lipinski definition) is 3. The fraction of sp³-hybridized carbons (Fsp3) is 0.200. The minimum atomic E-state index is 0.0602. The molecule has 4 heteroatoms. The Morgan fingerprint density at radius 2 is 2.29 bits per heavy atom. The first kappa shape index (κ1) is 9.21. The van der Waals surface area contributed by atoms with Gasteiger partial charge in [0.15, 0.2) is 5.78 Å². The molecule has 14 heavy (non-hydrogen) atoms. The molecule has 0 atom stereocenters. The second-order valence-electron chi connectivity index (χ2n) is 3.15. The molecule has 0 bridgehead atoms. The van der Waals surface area contributed by atoms with E-state index in [-0.39, 0.29) is 5.78 Å². The van der Waals surface area contributed by atoms with Crippen molar-refractivity contribution in [1.82, 2.24) is 0 Å². The van der Waals surface area contributed by atoms with Gasteiger partial charge in [0, 0.05) is 5.02 Å². The van der Waals surface area contributed by atoms with Crippen molar-refractivity contribution in [3.05, 3.63) is 29.3 Å². The quantitative estimate of drug-likeness (QED) is 0.708. The van der Waals surface area contributed by atoms with Crippen molar-refractivity contribution in [1.29, 1.82) is 0 Å². The number of anilines is 1. The lowest BCUT2D eigenvalue weighted by Gasteiger charge is -2.12. The normalized spacial score (nSPS) is 16.0. The first-order valence-corrected chi connectivity index (χ1v) is 4.66. The number of benzene rings is 1. The van der Waals surface area contributed by atoms with E-state index in [1.807, 2.05) is 12.1 Å². The van der Waals surface area contributed by atoms with Crippen LogP contribution in [0.3, 0.4) is 0 Å². The molecule has 0 unspecified atom stereocenters. The van der Waals surface area contributed by atoms with Crippen LogP contribution in [0.25, 0.3) is 0 Å². The van der Waals surface area contributed by atoms with E-state index < -0.39 is 0 Å². The van der Waals surface area contributed by atoms with Crippen molar-refractivity contribution < 1.29 is 4.79 Å². The molecular weight excluding hydrogens is 200 g/mol. The van der Waals surface area contributed by atoms with E-state index in [1.54, 1.807) is 24.1 Å². The standard InChI is InChI=1S/C10H9ClN2O/c1-7-10(14)6-13(12-7)9-4-2-3-8(11)5-9/h2-5H,6H2,1H3. The van der Waals surface area contributed by atoms with Crippen LogP contribution in [0.5, 0.6) is 0 Å². The Morgan fingerprint density at radius 1 is 1.50 bits per heavy atom. The third kappa shape index (κ3) is 1.63. The van der Waals surface area contributed by atoms with E-state index in [4.69, 9.17) is 11.6 Å². The maximum atomic E-state index is 11.2. The number of nitrogens with zero attached hydrogens (tertiary/aromatic N) is 2. The Balaban J connectivity index is 2.30. The van der Waals surface area contributed by atoms with Crippen LogP contribution in [-0.4, -0.2) is 18.0 Å². The minimum Gasteiger partial charge on any atom is -0.291 e. The number of carbonyl (C=O) groups excluding carboxylic acids is 1. The second-order valence-corrected chi connectivity index (χ2v) is 3.58. The lowest BCUT2D eigenvalue weighted by atomic mass is 10.3. The van der Waals surface area contributed by atoms with Crippen molar-refractivity contribution in [3.8, 4) is 0 Å². The van der Waals surface area contributed by atoms with Crippen LogP contribution in [-0.2, 0) is 4.79 Å². The van der Waals surface area contributed by atoms with Crippen LogP contribution in [0.1, 0.15) is 6.92 Å². The van der Waals surface area contributed by atoms with E-state index in [0.717, 1.165) is 5.69 Å². The van der Waals surface area contributed by atoms with Crippen molar-refractivity contribution in [2.75, 3.05) is 11.6 Å². The Morgan fingerprint density at radius 3 is 2.86 bits per heavy atom. The van der Waals surface area contributed by atoms with Crippen LogP contribution in [0.15, 0.2) is 29.4 Å². The Kier molecular flexibility index (Phi) is 2.25. The zero-order valence-electron chi connectivity index (χ0n) is 7.70. The first-order chi connectivity index (χ1) is 6.66. The van der Waals surface area contributed by atoms with Gasteiger partial charge in [-0.3, -0.25) is 9.80 Å². The predicted molar refractivity (Wildman–Crippen MR) is 56.9 cm³/mol. The van der Waals surface area contributed by atoms with Gasteiger partial charge in [0.25, 0.3) is 0 Å². The molecule has 72 valence electrons. The number of rotatable bonds is 1. The molecule has 0 aliphatic carbocycles. The van der Waals surface area contributed by atoms with Crippen LogP contribution in [0, 0.1) is 0 Å². The van der Waals surface area contributed by atoms with Gasteiger partial charge < -0.3 is 0 Å². The third-order valence-corrected chi connectivity index (χ3v) is 2.31. The summed E-state index contributed by atoms with van der Waals surface area (Å²) in [4.78, 5) is 11.2. The van der Waals surface area contributed by atoms with E-state index >= 15 is 0 Å². The lowest BCUT2D eigenvalue weighted by Crippen LogP contribution is -2.17. The topological polar surface area (TPSA) is 32.7 Å². The van der Waals surface area contributed by atoms with Crippen LogP contribution in [0.2, 0.25) is 5.02 Å². The van der Waals surface area contributed by atoms with Crippen LogP contribution < -0.4 is 5.01 Å². The van der Waals surface area contributed by atoms with E-state index in [9.17, 15) is 4.79 Å². The Labute approximate surface area is 87.0 Å². The predicted octanol–water partition coefficient (Wildman–Crippen LogP) is 2.10. The highest BCUT2D eigenvalue weighted by Crippen LogP contribution is 2.21. The van der Waals surface area contributed by atoms with Gasteiger partial charge in [0.05, 0.1) is 5.69 Å². The fourth-order valence-corrected chi connectivity index (χ4v) is 1.49. The van der Waals surface area contributed by atoms with Gasteiger partial charge in [-0.25, -0.2) is 0 Å². The molecule has 1 aromatic rings. The third-order valence-electron chi connectivity index (χ3n) is 2.07. The Hall–Kier alpha value is -1.35. The number of halogens is 1. The molecule has 0 N–H and O–H groups in total. The van der Waals surface area contributed by atoms with Gasteiger partial charge in [0.2, 0.25) is 0 Å². The van der Waals surface area contributed by atoms with Crippen molar-refractivity contribution in [3.63, 3.8) is 0 Å². The van der Waals surface area contributed by atoms with Gasteiger partial charge in [0.1, 0.15) is 12.3 Å². The number of hydrogen-bond donors (Lipinski definition) is 0. The maximum Gasteiger partial charge on any atom is 0.199 e. The zero-order chi connectivity index (χ0) is 10.1. The SMILES string of the molecule is CC1=NN(c2cccc(Cl)c2)CC1=O. The second kappa shape index (κ2) is 3.42. The molecule has 1 heterocycles. The van der Waals surface area contributed by atoms with E-state index in [1.165, 1.54) is 0 Å². The van der Waals surface area contributed by atoms with Crippen LogP contribution in [0.4, 0.5) is 5.69 Å². The van der Waals surface area contributed by atoms with E-state index in [0.29, 0.717) is 17.3 Å². The molecule has 0 fully saturated rings. The molecule has 0 saturated carbocycles. The summed E-state index contributed by atoms with van der Waals surface area (Å²) in [6.07, 6.45) is 0. The monoisotopic (exact) mass is 208 g/mol. The van der Waals surface area contributed by atoms with Crippen molar-refractivity contribution >= 4 is 28.8 Å². The molecule has 0 saturated heterocycles. The largest absolute Gasteiger partial charge is 0.291 e. The van der Waals surface area contributed by atoms with Crippen molar-refractivity contribution in [2.45, 2.75) is 6.92 Å². The molecule has 0 amide bonds. The number of Topliss-reactive ketones (excluding diaryl/α,β-unsaturated/α-hetero) is 1. The zero-order valence-corrected chi connectivity index (χ0v) is 8.45. The van der Waals surface area contributed by atoms with Crippen molar-refractivity contribution in [2.24, 2.45) is 5.10 Å². The number of carbonyl (C=O) groups is 1. The number of hydrazone groups is 1. The molecule has 0 aromatic heterocycles. The summed E-state index contributed by atoms with van der Waals surface area (Å²) in [5, 5.41) is 6.43. The summed E-state index contributed by atoms with van der Waals surface area (Å²) in [5.74, 6) is 0.0602. The average molecular weight is 209 g/mol. The highest BCUT2D eigenvalue weighted by molar-refractivity contribution is 6.42. The summed E-state index contributed by atoms with van der Waals surface area (Å²) in [6, 6.07) is 7.29. The van der Waals surface area contributed by atoms with Crippen LogP contribution >= 0.6 is 11.6 Å². The van der Waals surface area contributed by atoms with Gasteiger partial charge in [-0.05, 0) is 25.1 Å². The summed E-state index contributed by atoms with van der Waals surface area (Å²) < 4.78 is 0. The van der Waals surface area contributed by atoms with E-state index in [2.05, 4.69) is 5.10 Å². The summed E-state index contributed by atoms with van der Waals surface area (Å²) in [7, 11) is 0. The molecule has 1 aliphatic heterocycles. The summed E-state index contributed by atoms with van der Waals surface area (Å²) in [5.41, 5.74) is 1.40. The molecule has 0 radical (unpaired) electrons. The van der Waals surface area contributed by atoms with Gasteiger partial charge >= 0.3 is 0 Å². The number of ketones is 1. The highest BCUT2D eigenvalue weighted by Gasteiger charge is 2.20.